The van der Waals surface area contributed by atoms with Crippen LogP contribution in [0.25, 0.3) is 0 Å². The second-order valence-corrected chi connectivity index (χ2v) is 6.51. The molecule has 3 fully saturated rings. The van der Waals surface area contributed by atoms with Crippen molar-refractivity contribution in [1.29, 1.82) is 0 Å². The molecule has 3 aliphatic carbocycles. The molecule has 68 valence electrons. The van der Waals surface area contributed by atoms with E-state index in [2.05, 4.69) is 20.8 Å². The van der Waals surface area contributed by atoms with Crippen molar-refractivity contribution >= 4 is 0 Å². The average molecular weight is 164 g/mol. The molecule has 0 aliphatic heterocycles. The lowest BCUT2D eigenvalue weighted by molar-refractivity contribution is 0.158. The van der Waals surface area contributed by atoms with Crippen molar-refractivity contribution in [2.75, 3.05) is 0 Å². The van der Waals surface area contributed by atoms with Gasteiger partial charge in [0.25, 0.3) is 0 Å². The number of fused-ring (bicyclic) bond motifs is 1. The lowest BCUT2D eigenvalue weighted by Gasteiger charge is -2.35. The van der Waals surface area contributed by atoms with Gasteiger partial charge in [0.2, 0.25) is 0 Å². The highest BCUT2D eigenvalue weighted by Crippen LogP contribution is 2.76. The molecule has 0 aromatic heterocycles. The molecule has 0 aromatic carbocycles. The summed E-state index contributed by atoms with van der Waals surface area (Å²) in [7, 11) is 0. The van der Waals surface area contributed by atoms with Crippen LogP contribution in [0.5, 0.6) is 0 Å². The molecule has 0 saturated heterocycles. The van der Waals surface area contributed by atoms with Gasteiger partial charge in [-0.3, -0.25) is 0 Å². The van der Waals surface area contributed by atoms with Gasteiger partial charge in [0.15, 0.2) is 0 Å². The third-order valence-corrected chi connectivity index (χ3v) is 5.08. The molecular weight excluding hydrogens is 144 g/mol. The molecule has 0 amide bonds. The normalized spacial score (nSPS) is 59.8. The second kappa shape index (κ2) is 1.76. The second-order valence-electron chi connectivity index (χ2n) is 6.51. The van der Waals surface area contributed by atoms with E-state index >= 15 is 0 Å². The number of rotatable bonds is 0. The summed E-state index contributed by atoms with van der Waals surface area (Å²) in [5.74, 6) is 3.40. The van der Waals surface area contributed by atoms with E-state index in [4.69, 9.17) is 0 Å². The summed E-state index contributed by atoms with van der Waals surface area (Å²) in [5.41, 5.74) is 1.49. The first-order valence-corrected chi connectivity index (χ1v) is 5.53. The third kappa shape index (κ3) is 0.701. The van der Waals surface area contributed by atoms with E-state index in [1.54, 1.807) is 12.8 Å². The first-order valence-electron chi connectivity index (χ1n) is 5.53. The topological polar surface area (TPSA) is 0 Å². The van der Waals surface area contributed by atoms with Crippen molar-refractivity contribution < 1.29 is 0 Å². The maximum absolute atomic E-state index is 2.55. The molecule has 0 heterocycles. The van der Waals surface area contributed by atoms with Gasteiger partial charge in [-0.1, -0.05) is 20.8 Å². The predicted octanol–water partition coefficient (Wildman–Crippen LogP) is 3.47. The third-order valence-electron chi connectivity index (χ3n) is 5.08. The number of hydrogen-bond donors (Lipinski definition) is 0. The molecule has 0 N–H and O–H groups in total. The molecule has 0 aromatic rings. The molecule has 0 heteroatoms. The molecule has 0 nitrogen and oxygen atoms in total. The van der Waals surface area contributed by atoms with E-state index in [1.165, 1.54) is 12.8 Å². The molecule has 0 bridgehead atoms. The van der Waals surface area contributed by atoms with Gasteiger partial charge in [0.05, 0.1) is 0 Å². The van der Waals surface area contributed by atoms with Crippen molar-refractivity contribution in [3.05, 3.63) is 0 Å². The average Bonchev–Trinajstić information content (AvgIpc) is 2.31. The predicted molar refractivity (Wildman–Crippen MR) is 50.8 cm³/mol. The Hall–Kier alpha value is 0. The van der Waals surface area contributed by atoms with Gasteiger partial charge in [-0.2, -0.15) is 0 Å². The van der Waals surface area contributed by atoms with Crippen LogP contribution in [-0.2, 0) is 0 Å². The van der Waals surface area contributed by atoms with Gasteiger partial charge in [0.1, 0.15) is 0 Å². The van der Waals surface area contributed by atoms with Crippen LogP contribution in [-0.4, -0.2) is 0 Å². The van der Waals surface area contributed by atoms with Gasteiger partial charge < -0.3 is 0 Å². The van der Waals surface area contributed by atoms with Gasteiger partial charge in [0, 0.05) is 0 Å². The van der Waals surface area contributed by atoms with Crippen molar-refractivity contribution in [3.8, 4) is 0 Å². The quantitative estimate of drug-likeness (QED) is 0.514. The van der Waals surface area contributed by atoms with Crippen LogP contribution >= 0.6 is 0 Å². The van der Waals surface area contributed by atoms with E-state index in [0.717, 1.165) is 23.2 Å². The Morgan fingerprint density at radius 2 is 1.83 bits per heavy atom. The van der Waals surface area contributed by atoms with Crippen LogP contribution in [0.3, 0.4) is 0 Å². The fraction of sp³-hybridized carbons (Fsp3) is 1.00. The van der Waals surface area contributed by atoms with E-state index in [-0.39, 0.29) is 0 Å². The highest BCUT2D eigenvalue weighted by molar-refractivity contribution is 5.18. The molecule has 3 aliphatic rings. The Labute approximate surface area is 75.7 Å². The van der Waals surface area contributed by atoms with E-state index < -0.39 is 0 Å². The minimum Gasteiger partial charge on any atom is -0.0599 e. The largest absolute Gasteiger partial charge is 0.0599 e. The zero-order valence-electron chi connectivity index (χ0n) is 8.56. The van der Waals surface area contributed by atoms with Crippen molar-refractivity contribution in [1.82, 2.24) is 0 Å². The molecule has 0 spiro atoms. The van der Waals surface area contributed by atoms with Crippen LogP contribution < -0.4 is 0 Å². The van der Waals surface area contributed by atoms with Gasteiger partial charge in [-0.25, -0.2) is 0 Å². The minimum atomic E-state index is 0.671. The van der Waals surface area contributed by atoms with Crippen LogP contribution in [0.1, 0.15) is 46.5 Å². The summed E-state index contributed by atoms with van der Waals surface area (Å²) in [5, 5.41) is 0. The van der Waals surface area contributed by atoms with Crippen LogP contribution in [0.15, 0.2) is 0 Å². The van der Waals surface area contributed by atoms with Crippen LogP contribution in [0, 0.1) is 28.6 Å². The highest BCUT2D eigenvalue weighted by atomic mass is 14.7. The van der Waals surface area contributed by atoms with E-state index in [9.17, 15) is 0 Å². The standard InChI is InChI=1S/C12H20/c1-11(2)6-8-4-5-12(3)9(7-11)10(8)12/h8-10H,4-7H2,1-3H3/t8?,9?,10-,12?/m1/s1. The van der Waals surface area contributed by atoms with Crippen molar-refractivity contribution in [2.24, 2.45) is 28.6 Å². The smallest absolute Gasteiger partial charge is 0.0260 e. The lowest BCUT2D eigenvalue weighted by atomic mass is 9.71. The zero-order valence-corrected chi connectivity index (χ0v) is 8.56. The molecule has 12 heavy (non-hydrogen) atoms. The summed E-state index contributed by atoms with van der Waals surface area (Å²) in [6, 6.07) is 0. The maximum Gasteiger partial charge on any atom is -0.0260 e. The van der Waals surface area contributed by atoms with Gasteiger partial charge >= 0.3 is 0 Å². The van der Waals surface area contributed by atoms with Crippen LogP contribution in [0.2, 0.25) is 0 Å². The van der Waals surface area contributed by atoms with E-state index in [0.29, 0.717) is 5.41 Å². The van der Waals surface area contributed by atoms with Gasteiger partial charge in [-0.05, 0) is 54.3 Å². The van der Waals surface area contributed by atoms with Crippen molar-refractivity contribution in [3.63, 3.8) is 0 Å². The van der Waals surface area contributed by atoms with Crippen LogP contribution in [0.4, 0.5) is 0 Å². The lowest BCUT2D eigenvalue weighted by Crippen LogP contribution is -2.24. The molecule has 3 unspecified atom stereocenters. The molecule has 4 atom stereocenters. The molecule has 3 saturated carbocycles. The Kier molecular flexibility index (Phi) is 1.09. The summed E-state index contributed by atoms with van der Waals surface area (Å²) >= 11 is 0. The Morgan fingerprint density at radius 3 is 2.50 bits per heavy atom. The first kappa shape index (κ1) is 7.41. The zero-order chi connectivity index (χ0) is 8.56. The van der Waals surface area contributed by atoms with Crippen molar-refractivity contribution in [2.45, 2.75) is 46.5 Å². The maximum atomic E-state index is 2.55. The fourth-order valence-electron chi connectivity index (χ4n) is 4.57. The Morgan fingerprint density at radius 1 is 1.08 bits per heavy atom. The number of hydrogen-bond acceptors (Lipinski definition) is 0. The Bertz CT molecular complexity index is 218. The van der Waals surface area contributed by atoms with Gasteiger partial charge in [-0.15, -0.1) is 0 Å². The Balaban J connectivity index is 1.91. The fourth-order valence-corrected chi connectivity index (χ4v) is 4.57. The molecule has 0 radical (unpaired) electrons. The highest BCUT2D eigenvalue weighted by Gasteiger charge is 2.69. The molecular formula is C12H20. The minimum absolute atomic E-state index is 0.671. The van der Waals surface area contributed by atoms with E-state index in [1.807, 2.05) is 0 Å². The summed E-state index contributed by atoms with van der Waals surface area (Å²) < 4.78 is 0. The summed E-state index contributed by atoms with van der Waals surface area (Å²) in [6.45, 7) is 7.49. The monoisotopic (exact) mass is 164 g/mol. The first-order chi connectivity index (χ1) is 5.53. The molecule has 3 rings (SSSR count). The summed E-state index contributed by atoms with van der Waals surface area (Å²) in [4.78, 5) is 0. The summed E-state index contributed by atoms with van der Waals surface area (Å²) in [6.07, 6.45) is 6.12. The SMILES string of the molecule is CC1(C)CC2CCC3(C)C(C1)[C@@H]23.